The molecule has 2 aliphatic heterocycles. The number of benzene rings is 2. The van der Waals surface area contributed by atoms with Crippen LogP contribution in [0.15, 0.2) is 53.6 Å². The minimum atomic E-state index is -1.09. The van der Waals surface area contributed by atoms with E-state index in [-0.39, 0.29) is 5.71 Å². The summed E-state index contributed by atoms with van der Waals surface area (Å²) in [5.41, 5.74) is 0.703. The number of carbonyl (C=O) groups is 3. The Morgan fingerprint density at radius 3 is 2.38 bits per heavy atom. The third kappa shape index (κ3) is 2.92. The number of amides is 2. The molecule has 0 unspecified atom stereocenters. The van der Waals surface area contributed by atoms with E-state index in [0.29, 0.717) is 22.1 Å². The van der Waals surface area contributed by atoms with Crippen molar-refractivity contribution in [2.75, 3.05) is 24.1 Å². The van der Waals surface area contributed by atoms with Crippen LogP contribution in [-0.4, -0.2) is 43.8 Å². The molecule has 4 rings (SSSR count). The second kappa shape index (κ2) is 7.21. The molecule has 0 aromatic heterocycles. The number of halogens is 1. The number of ether oxygens (including phenoxy) is 2. The Bertz CT molecular complexity index is 1040. The van der Waals surface area contributed by atoms with Gasteiger partial charge in [-0.1, -0.05) is 23.7 Å². The van der Waals surface area contributed by atoms with Gasteiger partial charge in [-0.15, -0.1) is 0 Å². The molecule has 2 heterocycles. The molecule has 0 saturated carbocycles. The number of hydrogen-bond donors (Lipinski definition) is 0. The van der Waals surface area contributed by atoms with Crippen LogP contribution in [0.3, 0.4) is 0 Å². The summed E-state index contributed by atoms with van der Waals surface area (Å²) in [4.78, 5) is 39.9. The first kappa shape index (κ1) is 18.9. The first-order valence-electron chi connectivity index (χ1n) is 8.70. The lowest BCUT2D eigenvalue weighted by molar-refractivity contribution is -0.133. The lowest BCUT2D eigenvalue weighted by Crippen LogP contribution is -2.39. The fourth-order valence-electron chi connectivity index (χ4n) is 3.55. The predicted molar refractivity (Wildman–Crippen MR) is 106 cm³/mol. The van der Waals surface area contributed by atoms with Gasteiger partial charge in [0.1, 0.15) is 17.7 Å². The van der Waals surface area contributed by atoms with Crippen LogP contribution in [0, 0.1) is 5.92 Å². The van der Waals surface area contributed by atoms with E-state index in [9.17, 15) is 14.4 Å². The van der Waals surface area contributed by atoms with E-state index in [4.69, 9.17) is 21.1 Å². The fraction of sp³-hybridized carbons (Fsp3) is 0.200. The van der Waals surface area contributed by atoms with Gasteiger partial charge in [-0.05, 0) is 36.4 Å². The zero-order valence-corrected chi connectivity index (χ0v) is 16.3. The van der Waals surface area contributed by atoms with Gasteiger partial charge < -0.3 is 9.47 Å². The van der Waals surface area contributed by atoms with Crippen molar-refractivity contribution in [3.63, 3.8) is 0 Å². The minimum Gasteiger partial charge on any atom is -0.495 e. The van der Waals surface area contributed by atoms with Gasteiger partial charge in [0.2, 0.25) is 5.91 Å². The monoisotopic (exact) mass is 413 g/mol. The van der Waals surface area contributed by atoms with Crippen LogP contribution in [-0.2, 0) is 19.1 Å². The number of hydrogen-bond acceptors (Lipinski definition) is 7. The number of anilines is 2. The second-order valence-electron chi connectivity index (χ2n) is 6.40. The number of hydrazone groups is 1. The highest BCUT2D eigenvalue weighted by Crippen LogP contribution is 2.40. The first-order chi connectivity index (χ1) is 14.0. The van der Waals surface area contributed by atoms with Crippen LogP contribution >= 0.6 is 11.6 Å². The molecule has 0 bridgehead atoms. The third-order valence-electron chi connectivity index (χ3n) is 4.86. The topological polar surface area (TPSA) is 88.5 Å². The van der Waals surface area contributed by atoms with Gasteiger partial charge in [0, 0.05) is 5.02 Å². The average molecular weight is 414 g/mol. The average Bonchev–Trinajstić information content (AvgIpc) is 3.25. The number of rotatable bonds is 4. The molecule has 8 nitrogen and oxygen atoms in total. The van der Waals surface area contributed by atoms with E-state index in [2.05, 4.69) is 5.10 Å². The van der Waals surface area contributed by atoms with Crippen molar-refractivity contribution in [3.05, 3.63) is 53.6 Å². The van der Waals surface area contributed by atoms with E-state index in [1.165, 1.54) is 19.2 Å². The standard InChI is InChI=1S/C20H16ClN3O5/c1-28-14-6-4-3-5-13(14)23-18(25)15-16(20(27)29-2)22-24(17(15)19(23)26)12-9-7-11(21)8-10-12/h3-10,15,17H,1-2H3/t15-,17+/m1/s1. The molecule has 1 saturated heterocycles. The third-order valence-corrected chi connectivity index (χ3v) is 5.11. The van der Waals surface area contributed by atoms with Crippen molar-refractivity contribution in [1.29, 1.82) is 0 Å². The number of nitrogens with zero attached hydrogens (tertiary/aromatic N) is 3. The maximum atomic E-state index is 13.3. The summed E-state index contributed by atoms with van der Waals surface area (Å²) in [6, 6.07) is 12.3. The van der Waals surface area contributed by atoms with Crippen molar-refractivity contribution < 1.29 is 23.9 Å². The summed E-state index contributed by atoms with van der Waals surface area (Å²) in [6.07, 6.45) is 0. The number of fused-ring (bicyclic) bond motifs is 1. The minimum absolute atomic E-state index is 0.122. The molecule has 0 N–H and O–H groups in total. The number of imide groups is 1. The van der Waals surface area contributed by atoms with E-state index in [1.54, 1.807) is 48.5 Å². The van der Waals surface area contributed by atoms with Crippen molar-refractivity contribution in [2.45, 2.75) is 6.04 Å². The van der Waals surface area contributed by atoms with E-state index in [1.807, 2.05) is 0 Å². The van der Waals surface area contributed by atoms with E-state index >= 15 is 0 Å². The molecular formula is C20H16ClN3O5. The summed E-state index contributed by atoms with van der Waals surface area (Å²) < 4.78 is 10.1. The quantitative estimate of drug-likeness (QED) is 0.564. The Kier molecular flexibility index (Phi) is 4.71. The Labute approximate surface area is 171 Å². The summed E-state index contributed by atoms with van der Waals surface area (Å²) >= 11 is 5.95. The molecule has 1 fully saturated rings. The van der Waals surface area contributed by atoms with Crippen molar-refractivity contribution in [2.24, 2.45) is 11.0 Å². The number of methoxy groups -OCH3 is 2. The van der Waals surface area contributed by atoms with Crippen LogP contribution in [0.2, 0.25) is 5.02 Å². The van der Waals surface area contributed by atoms with E-state index < -0.39 is 29.7 Å². The molecular weight excluding hydrogens is 398 g/mol. The van der Waals surface area contributed by atoms with Crippen LogP contribution in [0.5, 0.6) is 5.75 Å². The number of carbonyl (C=O) groups excluding carboxylic acids is 3. The number of para-hydroxylation sites is 2. The van der Waals surface area contributed by atoms with Gasteiger partial charge >= 0.3 is 5.97 Å². The normalized spacial score (nSPS) is 20.6. The Balaban J connectivity index is 1.82. The van der Waals surface area contributed by atoms with Gasteiger partial charge in [-0.2, -0.15) is 5.10 Å². The van der Waals surface area contributed by atoms with Gasteiger partial charge in [-0.25, -0.2) is 9.69 Å². The number of esters is 1. The fourth-order valence-corrected chi connectivity index (χ4v) is 3.67. The van der Waals surface area contributed by atoms with Crippen LogP contribution < -0.4 is 14.6 Å². The first-order valence-corrected chi connectivity index (χ1v) is 9.08. The van der Waals surface area contributed by atoms with Gasteiger partial charge in [0.05, 0.1) is 25.6 Å². The maximum absolute atomic E-state index is 13.3. The molecule has 0 aliphatic carbocycles. The van der Waals surface area contributed by atoms with Crippen LogP contribution in [0.25, 0.3) is 0 Å². The van der Waals surface area contributed by atoms with Gasteiger partial charge in [-0.3, -0.25) is 14.6 Å². The zero-order chi connectivity index (χ0) is 20.7. The largest absolute Gasteiger partial charge is 0.495 e. The molecule has 2 aromatic rings. The second-order valence-corrected chi connectivity index (χ2v) is 6.84. The highest BCUT2D eigenvalue weighted by molar-refractivity contribution is 6.47. The van der Waals surface area contributed by atoms with Crippen LogP contribution in [0.4, 0.5) is 11.4 Å². The Hall–Kier alpha value is -3.39. The summed E-state index contributed by atoms with van der Waals surface area (Å²) in [6.45, 7) is 0. The molecule has 148 valence electrons. The van der Waals surface area contributed by atoms with Crippen molar-refractivity contribution in [1.82, 2.24) is 0 Å². The Morgan fingerprint density at radius 1 is 1.03 bits per heavy atom. The molecule has 0 spiro atoms. The van der Waals surface area contributed by atoms with Crippen molar-refractivity contribution in [3.8, 4) is 5.75 Å². The predicted octanol–water partition coefficient (Wildman–Crippen LogP) is 2.26. The summed E-state index contributed by atoms with van der Waals surface area (Å²) in [7, 11) is 2.65. The molecule has 9 heteroatoms. The summed E-state index contributed by atoms with van der Waals surface area (Å²) in [5, 5.41) is 6.12. The Morgan fingerprint density at radius 2 is 1.72 bits per heavy atom. The molecule has 2 aliphatic rings. The molecule has 2 atom stereocenters. The van der Waals surface area contributed by atoms with Crippen LogP contribution in [0.1, 0.15) is 0 Å². The van der Waals surface area contributed by atoms with Gasteiger partial charge in [0.25, 0.3) is 5.91 Å². The SMILES string of the molecule is COC(=O)C1=NN(c2ccc(Cl)cc2)[C@@H]2C(=O)N(c3ccccc3OC)C(=O)[C@H]12. The summed E-state index contributed by atoms with van der Waals surface area (Å²) in [5.74, 6) is -2.56. The maximum Gasteiger partial charge on any atom is 0.355 e. The zero-order valence-electron chi connectivity index (χ0n) is 15.5. The van der Waals surface area contributed by atoms with Crippen molar-refractivity contribution >= 4 is 46.5 Å². The van der Waals surface area contributed by atoms with Gasteiger partial charge in [0.15, 0.2) is 5.71 Å². The molecule has 29 heavy (non-hydrogen) atoms. The smallest absolute Gasteiger partial charge is 0.355 e. The molecule has 2 aromatic carbocycles. The highest BCUT2D eigenvalue weighted by atomic mass is 35.5. The lowest BCUT2D eigenvalue weighted by atomic mass is 9.98. The highest BCUT2D eigenvalue weighted by Gasteiger charge is 2.59. The molecule has 0 radical (unpaired) electrons. The van der Waals surface area contributed by atoms with E-state index in [0.717, 1.165) is 4.90 Å². The lowest BCUT2D eigenvalue weighted by Gasteiger charge is -2.22. The molecule has 2 amide bonds.